The lowest BCUT2D eigenvalue weighted by atomic mass is 10.2. The van der Waals surface area contributed by atoms with Crippen LogP contribution in [0.3, 0.4) is 0 Å². The van der Waals surface area contributed by atoms with Crippen LogP contribution in [0.25, 0.3) is 0 Å². The maximum absolute atomic E-state index is 12.9. The second-order valence-electron chi connectivity index (χ2n) is 6.06. The number of aryl methyl sites for hydroxylation is 1. The molecule has 0 aliphatic heterocycles. The van der Waals surface area contributed by atoms with Gasteiger partial charge in [-0.3, -0.25) is 9.59 Å². The van der Waals surface area contributed by atoms with Crippen molar-refractivity contribution in [2.45, 2.75) is 6.54 Å². The molecule has 1 aromatic heterocycles. The van der Waals surface area contributed by atoms with Crippen LogP contribution in [0.15, 0.2) is 65.6 Å². The third-order valence-corrected chi connectivity index (χ3v) is 4.10. The number of halogens is 1. The number of aromatic nitrogens is 1. The number of nitrogens with one attached hydrogen (secondary N) is 1. The minimum atomic E-state index is -0.402. The first-order chi connectivity index (χ1) is 13.5. The average molecular weight is 382 g/mol. The third kappa shape index (κ3) is 4.37. The van der Waals surface area contributed by atoms with Crippen LogP contribution in [-0.4, -0.2) is 17.6 Å². The maximum Gasteiger partial charge on any atom is 0.293 e. The molecule has 3 rings (SSSR count). The Morgan fingerprint density at radius 3 is 2.25 bits per heavy atom. The van der Waals surface area contributed by atoms with E-state index in [2.05, 4.69) is 5.32 Å². The van der Waals surface area contributed by atoms with Gasteiger partial charge >= 0.3 is 0 Å². The highest BCUT2D eigenvalue weighted by molar-refractivity contribution is 5.96. The SMILES string of the molecule is COc1c(C(=O)NCc2ccc(Oc3ccc(F)cc3)cc2)ccn(C)c1=O. The molecule has 0 atom stereocenters. The number of nitrogens with zero attached hydrogens (tertiary/aromatic N) is 1. The zero-order chi connectivity index (χ0) is 20.1. The minimum absolute atomic E-state index is 0.00513. The van der Waals surface area contributed by atoms with E-state index in [1.165, 1.54) is 36.1 Å². The standard InChI is InChI=1S/C21H19FN2O4/c1-24-12-11-18(19(27-2)21(24)26)20(25)23-13-14-3-7-16(8-4-14)28-17-9-5-15(22)6-10-17/h3-12H,13H2,1-2H3,(H,23,25). The van der Waals surface area contributed by atoms with Crippen molar-refractivity contribution in [3.8, 4) is 17.2 Å². The van der Waals surface area contributed by atoms with Crippen LogP contribution < -0.4 is 20.3 Å². The van der Waals surface area contributed by atoms with Gasteiger partial charge in [-0.2, -0.15) is 0 Å². The number of benzene rings is 2. The minimum Gasteiger partial charge on any atom is -0.491 e. The molecule has 1 N–H and O–H groups in total. The number of pyridine rings is 1. The summed E-state index contributed by atoms with van der Waals surface area (Å²) in [5.41, 5.74) is 0.655. The molecule has 7 heteroatoms. The van der Waals surface area contributed by atoms with Gasteiger partial charge in [-0.25, -0.2) is 4.39 Å². The Morgan fingerprint density at radius 2 is 1.64 bits per heavy atom. The van der Waals surface area contributed by atoms with Gasteiger partial charge in [0.25, 0.3) is 11.5 Å². The number of methoxy groups -OCH3 is 1. The van der Waals surface area contributed by atoms with Gasteiger partial charge in [0.15, 0.2) is 5.75 Å². The molecular formula is C21H19FN2O4. The van der Waals surface area contributed by atoms with Crippen molar-refractivity contribution in [1.29, 1.82) is 0 Å². The highest BCUT2D eigenvalue weighted by atomic mass is 19.1. The third-order valence-electron chi connectivity index (χ3n) is 4.10. The van der Waals surface area contributed by atoms with E-state index in [0.717, 1.165) is 5.56 Å². The fourth-order valence-corrected chi connectivity index (χ4v) is 2.57. The Bertz CT molecular complexity index is 1030. The predicted molar refractivity (Wildman–Crippen MR) is 102 cm³/mol. The first-order valence-electron chi connectivity index (χ1n) is 8.52. The van der Waals surface area contributed by atoms with Gasteiger partial charge in [0.1, 0.15) is 17.3 Å². The molecule has 0 saturated carbocycles. The number of ether oxygens (including phenoxy) is 2. The van der Waals surface area contributed by atoms with Crippen molar-refractivity contribution in [3.05, 3.63) is 88.1 Å². The fraction of sp³-hybridized carbons (Fsp3) is 0.143. The molecule has 0 fully saturated rings. The number of hydrogen-bond donors (Lipinski definition) is 1. The van der Waals surface area contributed by atoms with E-state index in [0.29, 0.717) is 11.5 Å². The largest absolute Gasteiger partial charge is 0.491 e. The lowest BCUT2D eigenvalue weighted by Gasteiger charge is -2.11. The highest BCUT2D eigenvalue weighted by Gasteiger charge is 2.16. The van der Waals surface area contributed by atoms with Crippen LogP contribution in [0.1, 0.15) is 15.9 Å². The molecule has 6 nitrogen and oxygen atoms in total. The summed E-state index contributed by atoms with van der Waals surface area (Å²) in [6, 6.07) is 14.4. The summed E-state index contributed by atoms with van der Waals surface area (Å²) in [7, 11) is 2.94. The Hall–Kier alpha value is -3.61. The lowest BCUT2D eigenvalue weighted by molar-refractivity contribution is 0.0947. The van der Waals surface area contributed by atoms with E-state index in [1.54, 1.807) is 43.4 Å². The monoisotopic (exact) mass is 382 g/mol. The van der Waals surface area contributed by atoms with Gasteiger partial charge < -0.3 is 19.4 Å². The number of amides is 1. The van der Waals surface area contributed by atoms with Gasteiger partial charge in [-0.05, 0) is 48.0 Å². The molecule has 0 aliphatic carbocycles. The van der Waals surface area contributed by atoms with E-state index in [4.69, 9.17) is 9.47 Å². The van der Waals surface area contributed by atoms with Gasteiger partial charge in [0.05, 0.1) is 12.7 Å². The molecule has 0 radical (unpaired) electrons. The van der Waals surface area contributed by atoms with Crippen molar-refractivity contribution in [2.75, 3.05) is 7.11 Å². The van der Waals surface area contributed by atoms with Gasteiger partial charge in [-0.1, -0.05) is 12.1 Å². The van der Waals surface area contributed by atoms with E-state index >= 15 is 0 Å². The van der Waals surface area contributed by atoms with E-state index in [1.807, 2.05) is 0 Å². The average Bonchev–Trinajstić information content (AvgIpc) is 2.71. The first-order valence-corrected chi connectivity index (χ1v) is 8.52. The smallest absolute Gasteiger partial charge is 0.293 e. The molecule has 1 amide bonds. The summed E-state index contributed by atoms with van der Waals surface area (Å²) < 4.78 is 25.0. The molecule has 0 spiro atoms. The van der Waals surface area contributed by atoms with Crippen molar-refractivity contribution in [3.63, 3.8) is 0 Å². The van der Waals surface area contributed by atoms with Crippen LogP contribution in [0, 0.1) is 5.82 Å². The summed E-state index contributed by atoms with van der Waals surface area (Å²) in [5.74, 6) is 0.396. The summed E-state index contributed by atoms with van der Waals surface area (Å²) in [5, 5.41) is 2.76. The van der Waals surface area contributed by atoms with E-state index in [9.17, 15) is 14.0 Å². The van der Waals surface area contributed by atoms with E-state index < -0.39 is 5.91 Å². The highest BCUT2D eigenvalue weighted by Crippen LogP contribution is 2.22. The Kier molecular flexibility index (Phi) is 5.74. The topological polar surface area (TPSA) is 69.6 Å². The quantitative estimate of drug-likeness (QED) is 0.711. The van der Waals surface area contributed by atoms with Crippen molar-refractivity contribution in [2.24, 2.45) is 7.05 Å². The first kappa shape index (κ1) is 19.2. The summed E-state index contributed by atoms with van der Waals surface area (Å²) in [6.07, 6.45) is 1.52. The van der Waals surface area contributed by atoms with Crippen LogP contribution in [0.4, 0.5) is 4.39 Å². The number of rotatable bonds is 6. The molecular weight excluding hydrogens is 363 g/mol. The van der Waals surface area contributed by atoms with Crippen LogP contribution in [-0.2, 0) is 13.6 Å². The molecule has 144 valence electrons. The second-order valence-corrected chi connectivity index (χ2v) is 6.06. The number of hydrogen-bond acceptors (Lipinski definition) is 4. The van der Waals surface area contributed by atoms with E-state index in [-0.39, 0.29) is 29.2 Å². The van der Waals surface area contributed by atoms with Crippen LogP contribution >= 0.6 is 0 Å². The summed E-state index contributed by atoms with van der Waals surface area (Å²) in [6.45, 7) is 0.272. The Labute approximate surface area is 161 Å². The molecule has 3 aromatic rings. The molecule has 1 heterocycles. The predicted octanol–water partition coefficient (Wildman–Crippen LogP) is 3.26. The summed E-state index contributed by atoms with van der Waals surface area (Å²) in [4.78, 5) is 24.4. The number of carbonyl (C=O) groups excluding carboxylic acids is 1. The molecule has 0 bridgehead atoms. The molecule has 0 unspecified atom stereocenters. The Morgan fingerprint density at radius 1 is 1.04 bits per heavy atom. The van der Waals surface area contributed by atoms with Crippen molar-refractivity contribution < 1.29 is 18.7 Å². The Balaban J connectivity index is 1.63. The second kappa shape index (κ2) is 8.39. The number of carbonyl (C=O) groups is 1. The normalized spacial score (nSPS) is 10.4. The van der Waals surface area contributed by atoms with Crippen molar-refractivity contribution >= 4 is 5.91 Å². The fourth-order valence-electron chi connectivity index (χ4n) is 2.57. The molecule has 28 heavy (non-hydrogen) atoms. The maximum atomic E-state index is 12.9. The van der Waals surface area contributed by atoms with Crippen LogP contribution in [0.5, 0.6) is 17.2 Å². The zero-order valence-corrected chi connectivity index (χ0v) is 15.4. The molecule has 0 saturated heterocycles. The lowest BCUT2D eigenvalue weighted by Crippen LogP contribution is -2.27. The summed E-state index contributed by atoms with van der Waals surface area (Å²) >= 11 is 0. The van der Waals surface area contributed by atoms with Gasteiger partial charge in [0, 0.05) is 19.8 Å². The van der Waals surface area contributed by atoms with Crippen molar-refractivity contribution in [1.82, 2.24) is 9.88 Å². The van der Waals surface area contributed by atoms with Crippen LogP contribution in [0.2, 0.25) is 0 Å². The zero-order valence-electron chi connectivity index (χ0n) is 15.4. The van der Waals surface area contributed by atoms with Gasteiger partial charge in [-0.15, -0.1) is 0 Å². The molecule has 0 aliphatic rings. The van der Waals surface area contributed by atoms with Gasteiger partial charge in [0.2, 0.25) is 0 Å². The molecule has 2 aromatic carbocycles.